The summed E-state index contributed by atoms with van der Waals surface area (Å²) in [6.07, 6.45) is 2.46. The van der Waals surface area contributed by atoms with Crippen LogP contribution in [-0.4, -0.2) is 5.11 Å². The maximum Gasteiger partial charge on any atom is 0.0790 e. The van der Waals surface area contributed by atoms with E-state index in [2.05, 4.69) is 17.5 Å². The van der Waals surface area contributed by atoms with Gasteiger partial charge in [0.05, 0.1) is 6.10 Å². The smallest absolute Gasteiger partial charge is 0.0790 e. The van der Waals surface area contributed by atoms with E-state index in [4.69, 9.17) is 11.6 Å². The number of halogens is 1. The van der Waals surface area contributed by atoms with Gasteiger partial charge in [-0.05, 0) is 48.4 Å². The van der Waals surface area contributed by atoms with Crippen LogP contribution in [0.4, 0.5) is 0 Å². The summed E-state index contributed by atoms with van der Waals surface area (Å²) in [6.45, 7) is 0. The van der Waals surface area contributed by atoms with Gasteiger partial charge in [0.25, 0.3) is 0 Å². The van der Waals surface area contributed by atoms with Crippen LogP contribution in [0.25, 0.3) is 0 Å². The summed E-state index contributed by atoms with van der Waals surface area (Å²) >= 11 is 7.58. The third kappa shape index (κ3) is 3.84. The monoisotopic (exact) mass is 266 g/mol. The molecule has 0 saturated heterocycles. The van der Waals surface area contributed by atoms with Crippen LogP contribution in [0.3, 0.4) is 0 Å². The van der Waals surface area contributed by atoms with Gasteiger partial charge in [-0.1, -0.05) is 29.8 Å². The van der Waals surface area contributed by atoms with Crippen LogP contribution >= 0.6 is 22.9 Å². The third-order valence-electron chi connectivity index (χ3n) is 2.74. The highest BCUT2D eigenvalue weighted by molar-refractivity contribution is 7.09. The molecule has 0 spiro atoms. The molecule has 0 bridgehead atoms. The average Bonchev–Trinajstić information content (AvgIpc) is 2.83. The van der Waals surface area contributed by atoms with Crippen molar-refractivity contribution in [2.24, 2.45) is 0 Å². The lowest BCUT2D eigenvalue weighted by atomic mass is 10.0. The second-order valence-corrected chi connectivity index (χ2v) is 5.51. The van der Waals surface area contributed by atoms with Crippen molar-refractivity contribution >= 4 is 22.9 Å². The van der Waals surface area contributed by atoms with Crippen molar-refractivity contribution < 1.29 is 5.11 Å². The van der Waals surface area contributed by atoms with Gasteiger partial charge in [0, 0.05) is 9.90 Å². The lowest BCUT2D eigenvalue weighted by Gasteiger charge is -2.10. The van der Waals surface area contributed by atoms with Crippen molar-refractivity contribution in [3.05, 3.63) is 57.2 Å². The molecule has 1 heterocycles. The molecular weight excluding hydrogens is 252 g/mol. The standard InChI is InChI=1S/C14H15ClOS/c15-12-8-6-11(7-9-12)14(16)5-1-3-13-4-2-10-17-13/h2,4,6-10,14,16H,1,3,5H2. The van der Waals surface area contributed by atoms with Gasteiger partial charge in [0.15, 0.2) is 0 Å². The fraction of sp³-hybridized carbons (Fsp3) is 0.286. The molecule has 1 N–H and O–H groups in total. The van der Waals surface area contributed by atoms with Gasteiger partial charge >= 0.3 is 0 Å². The topological polar surface area (TPSA) is 20.2 Å². The van der Waals surface area contributed by atoms with Crippen molar-refractivity contribution in [3.63, 3.8) is 0 Å². The zero-order valence-electron chi connectivity index (χ0n) is 9.47. The minimum absolute atomic E-state index is 0.382. The Balaban J connectivity index is 1.81. The number of rotatable bonds is 5. The van der Waals surface area contributed by atoms with Gasteiger partial charge in [0.1, 0.15) is 0 Å². The van der Waals surface area contributed by atoms with E-state index >= 15 is 0 Å². The fourth-order valence-electron chi connectivity index (χ4n) is 1.78. The molecule has 2 rings (SSSR count). The number of thiophene rings is 1. The van der Waals surface area contributed by atoms with Crippen molar-refractivity contribution in [1.82, 2.24) is 0 Å². The minimum Gasteiger partial charge on any atom is -0.388 e. The maximum absolute atomic E-state index is 10.0. The number of hydrogen-bond acceptors (Lipinski definition) is 2. The summed E-state index contributed by atoms with van der Waals surface area (Å²) in [5.41, 5.74) is 0.945. The summed E-state index contributed by atoms with van der Waals surface area (Å²) in [4.78, 5) is 1.38. The van der Waals surface area contributed by atoms with E-state index in [0.29, 0.717) is 5.02 Å². The molecule has 1 unspecified atom stereocenters. The van der Waals surface area contributed by atoms with E-state index in [9.17, 15) is 5.11 Å². The molecule has 1 atom stereocenters. The SMILES string of the molecule is OC(CCCc1cccs1)c1ccc(Cl)cc1. The molecule has 0 amide bonds. The Morgan fingerprint density at radius 2 is 1.94 bits per heavy atom. The van der Waals surface area contributed by atoms with Crippen LogP contribution in [0.15, 0.2) is 41.8 Å². The molecule has 3 heteroatoms. The number of aliphatic hydroxyl groups is 1. The Hall–Kier alpha value is -0.830. The van der Waals surface area contributed by atoms with Crippen molar-refractivity contribution in [1.29, 1.82) is 0 Å². The van der Waals surface area contributed by atoms with E-state index in [1.807, 2.05) is 24.3 Å². The Bertz CT molecular complexity index is 436. The molecule has 0 aliphatic rings. The number of hydrogen-bond donors (Lipinski definition) is 1. The normalized spacial score (nSPS) is 12.6. The molecule has 90 valence electrons. The highest BCUT2D eigenvalue weighted by atomic mass is 35.5. The van der Waals surface area contributed by atoms with Crippen LogP contribution in [0.5, 0.6) is 0 Å². The molecule has 1 aromatic heterocycles. The predicted octanol–water partition coefficient (Wildman–Crippen LogP) is 4.46. The predicted molar refractivity (Wildman–Crippen MR) is 73.7 cm³/mol. The molecule has 0 radical (unpaired) electrons. The summed E-state index contributed by atoms with van der Waals surface area (Å²) in [5, 5.41) is 12.8. The number of aryl methyl sites for hydroxylation is 1. The van der Waals surface area contributed by atoms with Crippen LogP contribution in [0.2, 0.25) is 5.02 Å². The van der Waals surface area contributed by atoms with E-state index < -0.39 is 0 Å². The molecule has 2 aromatic rings. The lowest BCUT2D eigenvalue weighted by Crippen LogP contribution is -1.97. The Morgan fingerprint density at radius 1 is 1.18 bits per heavy atom. The van der Waals surface area contributed by atoms with Crippen LogP contribution in [-0.2, 0) is 6.42 Å². The van der Waals surface area contributed by atoms with Gasteiger partial charge in [0.2, 0.25) is 0 Å². The molecule has 1 nitrogen and oxygen atoms in total. The summed E-state index contributed by atoms with van der Waals surface area (Å²) in [6, 6.07) is 11.6. The molecule has 17 heavy (non-hydrogen) atoms. The first-order chi connectivity index (χ1) is 8.25. The van der Waals surface area contributed by atoms with E-state index in [1.165, 1.54) is 4.88 Å². The van der Waals surface area contributed by atoms with Crippen molar-refractivity contribution in [2.75, 3.05) is 0 Å². The molecule has 0 saturated carbocycles. The average molecular weight is 267 g/mol. The number of aliphatic hydroxyl groups excluding tert-OH is 1. The first kappa shape index (κ1) is 12.6. The Kier molecular flexibility index (Phi) is 4.60. The van der Waals surface area contributed by atoms with E-state index in [0.717, 1.165) is 24.8 Å². The molecule has 0 fully saturated rings. The maximum atomic E-state index is 10.0. The van der Waals surface area contributed by atoms with Gasteiger partial charge in [-0.15, -0.1) is 11.3 Å². The van der Waals surface area contributed by atoms with Crippen molar-refractivity contribution in [2.45, 2.75) is 25.4 Å². The largest absolute Gasteiger partial charge is 0.388 e. The Morgan fingerprint density at radius 3 is 2.59 bits per heavy atom. The van der Waals surface area contributed by atoms with E-state index in [1.54, 1.807) is 11.3 Å². The summed E-state index contributed by atoms with van der Waals surface area (Å²) in [7, 11) is 0. The minimum atomic E-state index is -0.382. The second kappa shape index (κ2) is 6.20. The van der Waals surface area contributed by atoms with Crippen LogP contribution in [0, 0.1) is 0 Å². The van der Waals surface area contributed by atoms with Crippen molar-refractivity contribution in [3.8, 4) is 0 Å². The summed E-state index contributed by atoms with van der Waals surface area (Å²) < 4.78 is 0. The zero-order chi connectivity index (χ0) is 12.1. The fourth-order valence-corrected chi connectivity index (χ4v) is 2.65. The molecule has 0 aliphatic heterocycles. The highest BCUT2D eigenvalue weighted by Gasteiger charge is 2.07. The quantitative estimate of drug-likeness (QED) is 0.847. The Labute approximate surface area is 111 Å². The second-order valence-electron chi connectivity index (χ2n) is 4.04. The zero-order valence-corrected chi connectivity index (χ0v) is 11.0. The van der Waals surface area contributed by atoms with Gasteiger partial charge in [-0.2, -0.15) is 0 Å². The lowest BCUT2D eigenvalue weighted by molar-refractivity contribution is 0.165. The van der Waals surface area contributed by atoms with Crippen LogP contribution in [0.1, 0.15) is 29.4 Å². The molecule has 0 aliphatic carbocycles. The van der Waals surface area contributed by atoms with Gasteiger partial charge in [-0.3, -0.25) is 0 Å². The molecule has 1 aromatic carbocycles. The number of benzene rings is 1. The first-order valence-corrected chi connectivity index (χ1v) is 6.97. The summed E-state index contributed by atoms with van der Waals surface area (Å²) in [5.74, 6) is 0. The van der Waals surface area contributed by atoms with Gasteiger partial charge < -0.3 is 5.11 Å². The molecular formula is C14H15ClOS. The first-order valence-electron chi connectivity index (χ1n) is 5.71. The van der Waals surface area contributed by atoms with Crippen LogP contribution < -0.4 is 0 Å². The van der Waals surface area contributed by atoms with E-state index in [-0.39, 0.29) is 6.10 Å². The highest BCUT2D eigenvalue weighted by Crippen LogP contribution is 2.22. The van der Waals surface area contributed by atoms with Gasteiger partial charge in [-0.25, -0.2) is 0 Å². The third-order valence-corrected chi connectivity index (χ3v) is 3.92.